The minimum absolute atomic E-state index is 0.288. The number of carbonyl (C=O) groups is 1. The standard InChI is InChI=1S/C16H16N4O/c1-2-8-19-15-7-9-18-11-13(15)16(21)20-14-6-4-3-5-12(14)10-17/h3-7,9,11H,2,8H2,1H3,(H,18,19)(H,20,21). The smallest absolute Gasteiger partial charge is 0.259 e. The Balaban J connectivity index is 2.23. The van der Waals surface area contributed by atoms with Crippen molar-refractivity contribution in [1.82, 2.24) is 4.98 Å². The molecule has 0 aliphatic heterocycles. The van der Waals surface area contributed by atoms with E-state index in [0.29, 0.717) is 16.8 Å². The summed E-state index contributed by atoms with van der Waals surface area (Å²) in [5, 5.41) is 15.0. The number of nitrogens with zero attached hydrogens (tertiary/aromatic N) is 2. The zero-order valence-corrected chi connectivity index (χ0v) is 11.8. The lowest BCUT2D eigenvalue weighted by molar-refractivity contribution is 0.102. The van der Waals surface area contributed by atoms with Crippen LogP contribution in [0, 0.1) is 11.3 Å². The van der Waals surface area contributed by atoms with Crippen LogP contribution in [0.4, 0.5) is 11.4 Å². The Labute approximate surface area is 123 Å². The highest BCUT2D eigenvalue weighted by Gasteiger charge is 2.13. The number of pyridine rings is 1. The van der Waals surface area contributed by atoms with Gasteiger partial charge in [-0.25, -0.2) is 0 Å². The van der Waals surface area contributed by atoms with Crippen LogP contribution in [0.2, 0.25) is 0 Å². The minimum Gasteiger partial charge on any atom is -0.384 e. The molecule has 5 heteroatoms. The van der Waals surface area contributed by atoms with E-state index in [-0.39, 0.29) is 5.91 Å². The van der Waals surface area contributed by atoms with Gasteiger partial charge in [0, 0.05) is 18.9 Å². The van der Waals surface area contributed by atoms with Gasteiger partial charge in [-0.1, -0.05) is 19.1 Å². The van der Waals surface area contributed by atoms with Gasteiger partial charge in [-0.05, 0) is 24.6 Å². The molecule has 2 N–H and O–H groups in total. The predicted molar refractivity (Wildman–Crippen MR) is 82.1 cm³/mol. The zero-order valence-electron chi connectivity index (χ0n) is 11.8. The van der Waals surface area contributed by atoms with Crippen LogP contribution in [-0.2, 0) is 0 Å². The van der Waals surface area contributed by atoms with Gasteiger partial charge in [0.05, 0.1) is 22.5 Å². The normalized spacial score (nSPS) is 9.71. The molecular weight excluding hydrogens is 264 g/mol. The molecular formula is C16H16N4O. The second kappa shape index (κ2) is 7.06. The number of hydrogen-bond donors (Lipinski definition) is 2. The monoisotopic (exact) mass is 280 g/mol. The van der Waals surface area contributed by atoms with Crippen molar-refractivity contribution in [3.63, 3.8) is 0 Å². The Morgan fingerprint density at radius 3 is 2.86 bits per heavy atom. The summed E-state index contributed by atoms with van der Waals surface area (Å²) in [5.41, 5.74) is 2.12. The van der Waals surface area contributed by atoms with Gasteiger partial charge in [-0.3, -0.25) is 9.78 Å². The summed E-state index contributed by atoms with van der Waals surface area (Å²) in [7, 11) is 0. The third-order valence-corrected chi connectivity index (χ3v) is 2.93. The Kier molecular flexibility index (Phi) is 4.89. The highest BCUT2D eigenvalue weighted by Crippen LogP contribution is 2.18. The Bertz CT molecular complexity index is 676. The lowest BCUT2D eigenvalue weighted by atomic mass is 10.1. The predicted octanol–water partition coefficient (Wildman–Crippen LogP) is 3.03. The summed E-state index contributed by atoms with van der Waals surface area (Å²) in [6.07, 6.45) is 4.11. The number of amides is 1. The molecule has 0 aliphatic rings. The maximum Gasteiger partial charge on any atom is 0.259 e. The maximum absolute atomic E-state index is 12.4. The number of rotatable bonds is 5. The molecule has 0 aliphatic carbocycles. The van der Waals surface area contributed by atoms with Crippen molar-refractivity contribution in [2.45, 2.75) is 13.3 Å². The van der Waals surface area contributed by atoms with E-state index in [1.807, 2.05) is 0 Å². The van der Waals surface area contributed by atoms with Gasteiger partial charge < -0.3 is 10.6 Å². The summed E-state index contributed by atoms with van der Waals surface area (Å²) in [5.74, 6) is -0.288. The number of para-hydroxylation sites is 1. The van der Waals surface area contributed by atoms with Crippen LogP contribution >= 0.6 is 0 Å². The second-order valence-electron chi connectivity index (χ2n) is 4.46. The van der Waals surface area contributed by atoms with Crippen LogP contribution in [0.25, 0.3) is 0 Å². The minimum atomic E-state index is -0.288. The van der Waals surface area contributed by atoms with Crippen LogP contribution in [0.5, 0.6) is 0 Å². The topological polar surface area (TPSA) is 77.8 Å². The van der Waals surface area contributed by atoms with E-state index in [9.17, 15) is 4.79 Å². The van der Waals surface area contributed by atoms with Gasteiger partial charge in [-0.15, -0.1) is 0 Å². The van der Waals surface area contributed by atoms with Gasteiger partial charge in [0.15, 0.2) is 0 Å². The SMILES string of the molecule is CCCNc1ccncc1C(=O)Nc1ccccc1C#N. The molecule has 0 fully saturated rings. The Morgan fingerprint density at radius 1 is 1.29 bits per heavy atom. The molecule has 1 heterocycles. The van der Waals surface area contributed by atoms with E-state index < -0.39 is 0 Å². The third kappa shape index (κ3) is 3.57. The molecule has 0 atom stereocenters. The fraction of sp³-hybridized carbons (Fsp3) is 0.188. The second-order valence-corrected chi connectivity index (χ2v) is 4.46. The number of benzene rings is 1. The number of aromatic nitrogens is 1. The fourth-order valence-electron chi connectivity index (χ4n) is 1.87. The van der Waals surface area contributed by atoms with E-state index >= 15 is 0 Å². The van der Waals surface area contributed by atoms with Crippen molar-refractivity contribution in [3.8, 4) is 6.07 Å². The van der Waals surface area contributed by atoms with Crippen molar-refractivity contribution in [3.05, 3.63) is 53.9 Å². The van der Waals surface area contributed by atoms with Gasteiger partial charge in [0.25, 0.3) is 5.91 Å². The van der Waals surface area contributed by atoms with Crippen molar-refractivity contribution in [2.75, 3.05) is 17.2 Å². The first-order valence-electron chi connectivity index (χ1n) is 6.74. The number of hydrogen-bond acceptors (Lipinski definition) is 4. The van der Waals surface area contributed by atoms with E-state index in [4.69, 9.17) is 5.26 Å². The number of nitrogens with one attached hydrogen (secondary N) is 2. The molecule has 0 bridgehead atoms. The summed E-state index contributed by atoms with van der Waals surface area (Å²) in [4.78, 5) is 16.4. The Morgan fingerprint density at radius 2 is 2.10 bits per heavy atom. The summed E-state index contributed by atoms with van der Waals surface area (Å²) in [6, 6.07) is 10.7. The van der Waals surface area contributed by atoms with E-state index in [1.165, 1.54) is 6.20 Å². The van der Waals surface area contributed by atoms with Crippen LogP contribution in [0.3, 0.4) is 0 Å². The van der Waals surface area contributed by atoms with Gasteiger partial charge in [0.2, 0.25) is 0 Å². The first-order valence-corrected chi connectivity index (χ1v) is 6.74. The van der Waals surface area contributed by atoms with Crippen molar-refractivity contribution in [2.24, 2.45) is 0 Å². The number of anilines is 2. The molecule has 5 nitrogen and oxygen atoms in total. The van der Waals surface area contributed by atoms with Gasteiger partial charge in [0.1, 0.15) is 6.07 Å². The summed E-state index contributed by atoms with van der Waals surface area (Å²) < 4.78 is 0. The molecule has 0 spiro atoms. The van der Waals surface area contributed by atoms with E-state index in [1.54, 1.807) is 36.5 Å². The number of carbonyl (C=O) groups excluding carboxylic acids is 1. The van der Waals surface area contributed by atoms with Crippen molar-refractivity contribution in [1.29, 1.82) is 5.26 Å². The number of nitriles is 1. The molecule has 1 aromatic heterocycles. The molecule has 0 unspecified atom stereocenters. The highest BCUT2D eigenvalue weighted by atomic mass is 16.1. The molecule has 2 aromatic rings. The van der Waals surface area contributed by atoms with Crippen LogP contribution in [0.15, 0.2) is 42.7 Å². The average Bonchev–Trinajstić information content (AvgIpc) is 2.53. The average molecular weight is 280 g/mol. The molecule has 106 valence electrons. The molecule has 0 saturated carbocycles. The van der Waals surface area contributed by atoms with Gasteiger partial charge >= 0.3 is 0 Å². The third-order valence-electron chi connectivity index (χ3n) is 2.93. The zero-order chi connectivity index (χ0) is 15.1. The van der Waals surface area contributed by atoms with E-state index in [0.717, 1.165) is 18.7 Å². The molecule has 21 heavy (non-hydrogen) atoms. The quantitative estimate of drug-likeness (QED) is 0.882. The summed E-state index contributed by atoms with van der Waals surface area (Å²) >= 11 is 0. The molecule has 2 rings (SSSR count). The molecule has 1 amide bonds. The molecule has 1 aromatic carbocycles. The van der Waals surface area contributed by atoms with Crippen molar-refractivity contribution >= 4 is 17.3 Å². The van der Waals surface area contributed by atoms with Crippen molar-refractivity contribution < 1.29 is 4.79 Å². The fourth-order valence-corrected chi connectivity index (χ4v) is 1.87. The molecule has 0 radical (unpaired) electrons. The lowest BCUT2D eigenvalue weighted by Crippen LogP contribution is -2.16. The molecule has 0 saturated heterocycles. The van der Waals surface area contributed by atoms with Gasteiger partial charge in [-0.2, -0.15) is 5.26 Å². The Hall–Kier alpha value is -2.87. The van der Waals surface area contributed by atoms with Crippen LogP contribution in [-0.4, -0.2) is 17.4 Å². The van der Waals surface area contributed by atoms with Crippen LogP contribution in [0.1, 0.15) is 29.3 Å². The maximum atomic E-state index is 12.4. The van der Waals surface area contributed by atoms with Crippen LogP contribution < -0.4 is 10.6 Å². The van der Waals surface area contributed by atoms with E-state index in [2.05, 4.69) is 28.6 Å². The highest BCUT2D eigenvalue weighted by molar-refractivity contribution is 6.08. The summed E-state index contributed by atoms with van der Waals surface area (Å²) in [6.45, 7) is 2.83. The first-order chi connectivity index (χ1) is 10.3. The largest absolute Gasteiger partial charge is 0.384 e. The lowest BCUT2D eigenvalue weighted by Gasteiger charge is -2.11. The first kappa shape index (κ1) is 14.5.